The summed E-state index contributed by atoms with van der Waals surface area (Å²) in [5.41, 5.74) is 6.99. The molecular formula is C79H136. The first-order valence-corrected chi connectivity index (χ1v) is 32.5. The molecule has 1 saturated carbocycles. The first-order valence-electron chi connectivity index (χ1n) is 32.5. The van der Waals surface area contributed by atoms with Crippen LogP contribution in [0.15, 0.2) is 194 Å². The van der Waals surface area contributed by atoms with E-state index >= 15 is 0 Å². The summed E-state index contributed by atoms with van der Waals surface area (Å²) in [5.74, 6) is 0. The molecule has 0 spiro atoms. The van der Waals surface area contributed by atoms with Gasteiger partial charge in [-0.2, -0.15) is 0 Å². The van der Waals surface area contributed by atoms with Crippen LogP contribution in [-0.2, 0) is 19.3 Å². The monoisotopic (exact) mass is 1090 g/mol. The molecule has 3 aliphatic carbocycles. The summed E-state index contributed by atoms with van der Waals surface area (Å²) in [7, 11) is 0. The average Bonchev–Trinajstić information content (AvgIpc) is 4.40. The fraction of sp³-hybridized carbons (Fsp3) is 0.494. The molecule has 1 fully saturated rings. The molecule has 452 valence electrons. The van der Waals surface area contributed by atoms with Gasteiger partial charge >= 0.3 is 0 Å². The Morgan fingerprint density at radius 2 is 0.532 bits per heavy atom. The van der Waals surface area contributed by atoms with E-state index in [9.17, 15) is 0 Å². The molecule has 6 aromatic carbocycles. The number of aryl methyl sites for hydroxylation is 1. The van der Waals surface area contributed by atoms with Crippen molar-refractivity contribution in [2.24, 2.45) is 0 Å². The van der Waals surface area contributed by atoms with Crippen LogP contribution in [0, 0.1) is 0 Å². The second-order valence-electron chi connectivity index (χ2n) is 16.0. The van der Waals surface area contributed by atoms with E-state index in [0.29, 0.717) is 0 Å². The summed E-state index contributed by atoms with van der Waals surface area (Å²) in [4.78, 5) is 0. The number of rotatable bonds is 3. The second-order valence-corrected chi connectivity index (χ2v) is 16.0. The van der Waals surface area contributed by atoms with Crippen LogP contribution in [0.3, 0.4) is 0 Å². The molecule has 0 N–H and O–H groups in total. The van der Waals surface area contributed by atoms with Crippen molar-refractivity contribution in [3.8, 4) is 0 Å². The summed E-state index contributed by atoms with van der Waals surface area (Å²) in [6, 6.07) is 56.7. The van der Waals surface area contributed by atoms with Crippen molar-refractivity contribution in [3.05, 3.63) is 222 Å². The van der Waals surface area contributed by atoms with Crippen molar-refractivity contribution in [3.63, 3.8) is 0 Å². The summed E-state index contributed by atoms with van der Waals surface area (Å²) in [6.45, 7) is 51.4. The molecule has 0 bridgehead atoms. The van der Waals surface area contributed by atoms with Gasteiger partial charge in [-0.3, -0.25) is 0 Å². The van der Waals surface area contributed by atoms with E-state index in [-0.39, 0.29) is 0 Å². The van der Waals surface area contributed by atoms with Gasteiger partial charge in [-0.05, 0) is 64.3 Å². The van der Waals surface area contributed by atoms with Crippen molar-refractivity contribution < 1.29 is 0 Å². The Kier molecular flexibility index (Phi) is 112. The van der Waals surface area contributed by atoms with Crippen LogP contribution < -0.4 is 0 Å². The zero-order valence-electron chi connectivity index (χ0n) is 57.5. The molecule has 9 rings (SSSR count). The first kappa shape index (κ1) is 93.1. The van der Waals surface area contributed by atoms with Gasteiger partial charge in [0.2, 0.25) is 0 Å². The molecule has 0 heteroatoms. The van der Waals surface area contributed by atoms with Gasteiger partial charge in [0.15, 0.2) is 0 Å². The molecule has 0 heterocycles. The van der Waals surface area contributed by atoms with E-state index < -0.39 is 0 Å². The van der Waals surface area contributed by atoms with Gasteiger partial charge in [0.1, 0.15) is 0 Å². The highest BCUT2D eigenvalue weighted by atomic mass is 14.1. The van der Waals surface area contributed by atoms with E-state index in [1.807, 2.05) is 103 Å². The highest BCUT2D eigenvalue weighted by Gasteiger charge is 2.00. The largest absolute Gasteiger partial charge is 0.0808 e. The van der Waals surface area contributed by atoms with E-state index in [1.54, 1.807) is 0 Å². The molecule has 0 saturated heterocycles. The van der Waals surface area contributed by atoms with Gasteiger partial charge in [-0.1, -0.05) is 438 Å². The fourth-order valence-corrected chi connectivity index (χ4v) is 5.75. The lowest BCUT2D eigenvalue weighted by atomic mass is 10.1. The van der Waals surface area contributed by atoms with Gasteiger partial charge in [0, 0.05) is 0 Å². The predicted molar refractivity (Wildman–Crippen MR) is 380 cm³/mol. The first-order chi connectivity index (χ1) is 38.9. The number of allylic oxidation sites excluding steroid dienone is 5. The molecule has 0 amide bonds. The van der Waals surface area contributed by atoms with Crippen LogP contribution in [0.1, 0.15) is 272 Å². The molecule has 0 unspecified atom stereocenters. The molecular weight excluding hydrogens is 949 g/mol. The molecule has 0 aromatic heterocycles. The fourth-order valence-electron chi connectivity index (χ4n) is 5.75. The molecule has 0 aliphatic heterocycles. The maximum absolute atomic E-state index is 2.20. The maximum atomic E-state index is 2.20. The number of fused-ring (bicyclic) bond motifs is 2. The average molecular weight is 1090 g/mol. The molecule has 3 aliphatic rings. The van der Waals surface area contributed by atoms with Crippen molar-refractivity contribution in [1.29, 1.82) is 0 Å². The Morgan fingerprint density at radius 1 is 0.278 bits per heavy atom. The van der Waals surface area contributed by atoms with E-state index in [4.69, 9.17) is 0 Å². The van der Waals surface area contributed by atoms with E-state index in [1.165, 1.54) is 103 Å². The minimum absolute atomic E-state index is 1.03. The van der Waals surface area contributed by atoms with Crippen molar-refractivity contribution in [2.75, 3.05) is 0 Å². The van der Waals surface area contributed by atoms with Gasteiger partial charge < -0.3 is 0 Å². The minimum Gasteiger partial charge on any atom is -0.0808 e. The number of hydrogen-bond acceptors (Lipinski definition) is 0. The van der Waals surface area contributed by atoms with Crippen LogP contribution in [0.5, 0.6) is 0 Å². The Balaban J connectivity index is -0.0000000985. The molecule has 0 nitrogen and oxygen atoms in total. The maximum Gasteiger partial charge on any atom is -0.00258 e. The van der Waals surface area contributed by atoms with Crippen LogP contribution in [0.4, 0.5) is 0 Å². The molecule has 79 heavy (non-hydrogen) atoms. The standard InChI is InChI=1S/C13H12.C10H8.C9H8.C8H10.C5H10.C5H6.5C3H8.7C2H6/c1-3-7-12(8-4-1)11-13-9-5-2-6-10-13;1-2-6-10-8-4-3-7-9(10)5-1;1-2-5-9-7-3-6-8(9)4-1;1-2-8-6-4-3-5-7-8;2*1-2-4-5-3-1;5*1-3-2;7*1-2/h1-10H,11H2;1-8H;1-6H,7H2;3-7H,2H2,1H3;1-5H2;1-4H,5H2;5*3H2,1-2H3;7*1-2H3. The lowest BCUT2D eigenvalue weighted by molar-refractivity contribution is 0.886. The predicted octanol–water partition coefficient (Wildman–Crippen LogP) is 28.3. The third kappa shape index (κ3) is 74.9. The van der Waals surface area contributed by atoms with Crippen molar-refractivity contribution in [2.45, 2.75) is 263 Å². The SMILES string of the molecule is C1=CCC=C1.C1=Cc2ccccc2C1.C1CCCC1.CC.CC.CC.CC.CC.CC.CC.CCC.CCC.CCC.CCC.CCC.CCc1ccccc1.c1ccc(Cc2ccccc2)cc1.c1ccc2ccccc2c1. The third-order valence-electron chi connectivity index (χ3n) is 8.60. The van der Waals surface area contributed by atoms with Crippen LogP contribution in [-0.4, -0.2) is 0 Å². The summed E-state index contributed by atoms with van der Waals surface area (Å²) in [6.07, 6.45) is 30.9. The lowest BCUT2D eigenvalue weighted by Gasteiger charge is -2.00. The Labute approximate surface area is 499 Å². The van der Waals surface area contributed by atoms with Gasteiger partial charge in [0.05, 0.1) is 0 Å². The van der Waals surface area contributed by atoms with E-state index in [2.05, 4.69) is 270 Å². The Hall–Kier alpha value is -5.20. The van der Waals surface area contributed by atoms with Crippen LogP contribution in [0.2, 0.25) is 0 Å². The minimum atomic E-state index is 1.03. The number of benzene rings is 6. The van der Waals surface area contributed by atoms with Gasteiger partial charge in [0.25, 0.3) is 0 Å². The molecule has 0 radical (unpaired) electrons. The highest BCUT2D eigenvalue weighted by molar-refractivity contribution is 5.82. The van der Waals surface area contributed by atoms with Crippen molar-refractivity contribution in [1.82, 2.24) is 0 Å². The topological polar surface area (TPSA) is 0 Å². The third-order valence-corrected chi connectivity index (χ3v) is 8.60. The summed E-state index contributed by atoms with van der Waals surface area (Å²) >= 11 is 0. The molecule has 0 atom stereocenters. The molecule has 6 aromatic rings. The smallest absolute Gasteiger partial charge is 0.00258 e. The van der Waals surface area contributed by atoms with Gasteiger partial charge in [-0.25, -0.2) is 0 Å². The van der Waals surface area contributed by atoms with E-state index in [0.717, 1.165) is 25.7 Å². The Morgan fingerprint density at radius 3 is 0.772 bits per heavy atom. The number of hydrogen-bond donors (Lipinski definition) is 0. The normalized spacial score (nSPS) is 9.68. The Bertz CT molecular complexity index is 1760. The zero-order valence-corrected chi connectivity index (χ0v) is 57.5. The quantitative estimate of drug-likeness (QED) is 0.166. The van der Waals surface area contributed by atoms with Crippen molar-refractivity contribution >= 4 is 16.8 Å². The summed E-state index contributed by atoms with van der Waals surface area (Å²) in [5, 5.41) is 2.62. The summed E-state index contributed by atoms with van der Waals surface area (Å²) < 4.78 is 0. The second kappa shape index (κ2) is 95.2. The van der Waals surface area contributed by atoms with Gasteiger partial charge in [-0.15, -0.1) is 0 Å². The van der Waals surface area contributed by atoms with Crippen LogP contribution in [0.25, 0.3) is 16.8 Å². The highest BCUT2D eigenvalue weighted by Crippen LogP contribution is 2.18. The van der Waals surface area contributed by atoms with Crippen LogP contribution >= 0.6 is 0 Å². The zero-order chi connectivity index (χ0) is 62.3. The lowest BCUT2D eigenvalue weighted by Crippen LogP contribution is -1.85.